The van der Waals surface area contributed by atoms with Gasteiger partial charge in [-0.2, -0.15) is 0 Å². The minimum Gasteiger partial charge on any atom is -0.398 e. The molecular formula is C12H15N5O. The average Bonchev–Trinajstić information content (AvgIpc) is 2.81. The third-order valence-electron chi connectivity index (χ3n) is 2.53. The molecule has 0 aliphatic heterocycles. The fourth-order valence-corrected chi connectivity index (χ4v) is 1.58. The fourth-order valence-electron chi connectivity index (χ4n) is 1.58. The number of imidazole rings is 1. The summed E-state index contributed by atoms with van der Waals surface area (Å²) in [5.74, 6) is -0.208. The van der Waals surface area contributed by atoms with Crippen LogP contribution in [0.1, 0.15) is 16.1 Å². The van der Waals surface area contributed by atoms with E-state index in [2.05, 4.69) is 15.3 Å². The second kappa shape index (κ2) is 5.31. The Morgan fingerprint density at radius 1 is 1.56 bits per heavy atom. The van der Waals surface area contributed by atoms with E-state index >= 15 is 0 Å². The Morgan fingerprint density at radius 3 is 3.06 bits per heavy atom. The van der Waals surface area contributed by atoms with Gasteiger partial charge in [0.05, 0.1) is 11.9 Å². The standard InChI is InChI=1S/C12H15N5O/c1-9-6-11(13)10(7-16-9)12(18)15-3-5-17-4-2-14-8-17/h2,4,6-8H,3,5H2,1H3,(H2,13,16)(H,15,18). The average molecular weight is 245 g/mol. The summed E-state index contributed by atoms with van der Waals surface area (Å²) in [6.45, 7) is 3.02. The Kier molecular flexibility index (Phi) is 3.57. The normalized spacial score (nSPS) is 10.3. The minimum atomic E-state index is -0.208. The molecule has 18 heavy (non-hydrogen) atoms. The molecular weight excluding hydrogens is 230 g/mol. The summed E-state index contributed by atoms with van der Waals surface area (Å²) in [4.78, 5) is 19.8. The maximum Gasteiger partial charge on any atom is 0.255 e. The summed E-state index contributed by atoms with van der Waals surface area (Å²) < 4.78 is 1.89. The number of amides is 1. The quantitative estimate of drug-likeness (QED) is 0.825. The lowest BCUT2D eigenvalue weighted by Crippen LogP contribution is -2.27. The van der Waals surface area contributed by atoms with Gasteiger partial charge in [0.2, 0.25) is 0 Å². The first-order valence-corrected chi connectivity index (χ1v) is 5.63. The molecule has 0 spiro atoms. The monoisotopic (exact) mass is 245 g/mol. The number of carbonyl (C=O) groups excluding carboxylic acids is 1. The topological polar surface area (TPSA) is 85.8 Å². The van der Waals surface area contributed by atoms with Gasteiger partial charge in [0.1, 0.15) is 0 Å². The van der Waals surface area contributed by atoms with Gasteiger partial charge in [-0.1, -0.05) is 0 Å². The largest absolute Gasteiger partial charge is 0.398 e. The zero-order valence-corrected chi connectivity index (χ0v) is 10.1. The van der Waals surface area contributed by atoms with Crippen molar-refractivity contribution in [2.45, 2.75) is 13.5 Å². The number of carbonyl (C=O) groups is 1. The van der Waals surface area contributed by atoms with Crippen molar-refractivity contribution in [2.75, 3.05) is 12.3 Å². The maximum atomic E-state index is 11.8. The van der Waals surface area contributed by atoms with E-state index in [-0.39, 0.29) is 5.91 Å². The van der Waals surface area contributed by atoms with Gasteiger partial charge in [-0.15, -0.1) is 0 Å². The van der Waals surface area contributed by atoms with Crippen LogP contribution in [0.5, 0.6) is 0 Å². The number of nitrogen functional groups attached to an aromatic ring is 1. The molecule has 0 saturated heterocycles. The highest BCUT2D eigenvalue weighted by atomic mass is 16.1. The van der Waals surface area contributed by atoms with Crippen LogP contribution in [0.15, 0.2) is 31.0 Å². The summed E-state index contributed by atoms with van der Waals surface area (Å²) >= 11 is 0. The van der Waals surface area contributed by atoms with Crippen molar-refractivity contribution in [3.63, 3.8) is 0 Å². The first-order valence-electron chi connectivity index (χ1n) is 5.63. The van der Waals surface area contributed by atoms with Crippen LogP contribution in [0.3, 0.4) is 0 Å². The Morgan fingerprint density at radius 2 is 2.39 bits per heavy atom. The maximum absolute atomic E-state index is 11.8. The number of aryl methyl sites for hydroxylation is 1. The first-order chi connectivity index (χ1) is 8.66. The molecule has 0 bridgehead atoms. The number of nitrogens with two attached hydrogens (primary N) is 1. The molecule has 2 rings (SSSR count). The van der Waals surface area contributed by atoms with Crippen LogP contribution in [0, 0.1) is 6.92 Å². The van der Waals surface area contributed by atoms with E-state index in [0.29, 0.717) is 24.3 Å². The number of aromatic nitrogens is 3. The van der Waals surface area contributed by atoms with Crippen LogP contribution >= 0.6 is 0 Å². The van der Waals surface area contributed by atoms with Gasteiger partial charge in [0, 0.05) is 43.1 Å². The van der Waals surface area contributed by atoms with Crippen molar-refractivity contribution in [3.8, 4) is 0 Å². The van der Waals surface area contributed by atoms with E-state index in [4.69, 9.17) is 5.73 Å². The molecule has 3 N–H and O–H groups in total. The molecule has 0 fully saturated rings. The lowest BCUT2D eigenvalue weighted by Gasteiger charge is -2.08. The fraction of sp³-hybridized carbons (Fsp3) is 0.250. The Labute approximate surface area is 105 Å². The van der Waals surface area contributed by atoms with Crippen molar-refractivity contribution in [2.24, 2.45) is 0 Å². The molecule has 2 aromatic heterocycles. The van der Waals surface area contributed by atoms with E-state index in [1.165, 1.54) is 6.20 Å². The summed E-state index contributed by atoms with van der Waals surface area (Å²) in [5.41, 5.74) is 7.42. The van der Waals surface area contributed by atoms with Crippen molar-refractivity contribution >= 4 is 11.6 Å². The molecule has 94 valence electrons. The van der Waals surface area contributed by atoms with E-state index in [1.54, 1.807) is 18.6 Å². The van der Waals surface area contributed by atoms with Crippen LogP contribution in [-0.2, 0) is 6.54 Å². The molecule has 6 heteroatoms. The number of anilines is 1. The number of hydrogen-bond donors (Lipinski definition) is 2. The van der Waals surface area contributed by atoms with E-state index in [1.807, 2.05) is 17.7 Å². The number of hydrogen-bond acceptors (Lipinski definition) is 4. The Bertz CT molecular complexity index is 535. The lowest BCUT2D eigenvalue weighted by atomic mass is 10.2. The van der Waals surface area contributed by atoms with Crippen molar-refractivity contribution in [3.05, 3.63) is 42.2 Å². The molecule has 2 aromatic rings. The first kappa shape index (κ1) is 12.1. The SMILES string of the molecule is Cc1cc(N)c(C(=O)NCCn2ccnc2)cn1. The van der Waals surface area contributed by atoms with E-state index in [9.17, 15) is 4.79 Å². The number of pyridine rings is 1. The van der Waals surface area contributed by atoms with Gasteiger partial charge in [-0.05, 0) is 13.0 Å². The summed E-state index contributed by atoms with van der Waals surface area (Å²) in [6, 6.07) is 1.69. The third kappa shape index (κ3) is 2.85. The zero-order chi connectivity index (χ0) is 13.0. The third-order valence-corrected chi connectivity index (χ3v) is 2.53. The zero-order valence-electron chi connectivity index (χ0n) is 10.1. The van der Waals surface area contributed by atoms with Gasteiger partial charge < -0.3 is 15.6 Å². The molecule has 0 aliphatic rings. The molecule has 0 atom stereocenters. The van der Waals surface area contributed by atoms with Crippen LogP contribution in [0.25, 0.3) is 0 Å². The summed E-state index contributed by atoms with van der Waals surface area (Å²) in [7, 11) is 0. The van der Waals surface area contributed by atoms with Crippen LogP contribution in [0.4, 0.5) is 5.69 Å². The number of nitrogens with zero attached hydrogens (tertiary/aromatic N) is 3. The molecule has 2 heterocycles. The number of rotatable bonds is 4. The van der Waals surface area contributed by atoms with Gasteiger partial charge in [-0.25, -0.2) is 4.98 Å². The molecule has 1 amide bonds. The minimum absolute atomic E-state index is 0.208. The lowest BCUT2D eigenvalue weighted by molar-refractivity contribution is 0.0953. The molecule has 0 unspecified atom stereocenters. The van der Waals surface area contributed by atoms with E-state index < -0.39 is 0 Å². The predicted octanol–water partition coefficient (Wildman–Crippen LogP) is 0.599. The predicted molar refractivity (Wildman–Crippen MR) is 67.9 cm³/mol. The second-order valence-corrected chi connectivity index (χ2v) is 3.97. The van der Waals surface area contributed by atoms with Crippen LogP contribution < -0.4 is 11.1 Å². The van der Waals surface area contributed by atoms with Gasteiger partial charge in [0.15, 0.2) is 0 Å². The number of nitrogens with one attached hydrogen (secondary N) is 1. The Balaban J connectivity index is 1.91. The van der Waals surface area contributed by atoms with Crippen LogP contribution in [-0.4, -0.2) is 27.0 Å². The van der Waals surface area contributed by atoms with Gasteiger partial charge >= 0.3 is 0 Å². The molecule has 6 nitrogen and oxygen atoms in total. The van der Waals surface area contributed by atoms with Crippen LogP contribution in [0.2, 0.25) is 0 Å². The summed E-state index contributed by atoms with van der Waals surface area (Å²) in [5, 5.41) is 2.79. The van der Waals surface area contributed by atoms with Crippen molar-refractivity contribution < 1.29 is 4.79 Å². The second-order valence-electron chi connectivity index (χ2n) is 3.97. The van der Waals surface area contributed by atoms with Gasteiger partial charge in [0.25, 0.3) is 5.91 Å². The molecule has 0 radical (unpaired) electrons. The van der Waals surface area contributed by atoms with E-state index in [0.717, 1.165) is 5.69 Å². The highest BCUT2D eigenvalue weighted by molar-refractivity contribution is 5.98. The Hall–Kier alpha value is -2.37. The highest BCUT2D eigenvalue weighted by Gasteiger charge is 2.09. The molecule has 0 aromatic carbocycles. The smallest absolute Gasteiger partial charge is 0.255 e. The molecule has 0 saturated carbocycles. The van der Waals surface area contributed by atoms with Crippen molar-refractivity contribution in [1.82, 2.24) is 19.9 Å². The molecule has 0 aliphatic carbocycles. The summed E-state index contributed by atoms with van der Waals surface area (Å²) in [6.07, 6.45) is 6.74. The highest BCUT2D eigenvalue weighted by Crippen LogP contribution is 2.10. The van der Waals surface area contributed by atoms with Gasteiger partial charge in [-0.3, -0.25) is 9.78 Å². The van der Waals surface area contributed by atoms with Crippen molar-refractivity contribution in [1.29, 1.82) is 0 Å².